The molecule has 27 heavy (non-hydrogen) atoms. The average molecular weight is 377 g/mol. The van der Waals surface area contributed by atoms with Gasteiger partial charge < -0.3 is 15.1 Å². The van der Waals surface area contributed by atoms with Crippen molar-refractivity contribution in [3.05, 3.63) is 30.1 Å². The van der Waals surface area contributed by atoms with Gasteiger partial charge in [0, 0.05) is 31.9 Å². The molecule has 3 rings (SSSR count). The molecule has 1 atom stereocenters. The van der Waals surface area contributed by atoms with E-state index in [4.69, 9.17) is 0 Å². The summed E-state index contributed by atoms with van der Waals surface area (Å²) < 4.78 is 13.1. The fourth-order valence-corrected chi connectivity index (χ4v) is 4.23. The van der Waals surface area contributed by atoms with Crippen molar-refractivity contribution in [3.63, 3.8) is 0 Å². The number of hydrogen-bond acceptors (Lipinski definition) is 4. The number of carbonyl (C=O) groups is 1. The SMILES string of the molecule is CNCCC1CCN(C(C)C(=O)N2CCN(c3ccc(F)cc3)CC2)CC1. The molecule has 0 saturated carbocycles. The molecule has 1 amide bonds. The highest BCUT2D eigenvalue weighted by Gasteiger charge is 2.30. The molecule has 0 aliphatic carbocycles. The molecule has 2 heterocycles. The van der Waals surface area contributed by atoms with Gasteiger partial charge in [0.15, 0.2) is 0 Å². The summed E-state index contributed by atoms with van der Waals surface area (Å²) in [7, 11) is 2.01. The molecule has 1 unspecified atom stereocenters. The quantitative estimate of drug-likeness (QED) is 0.826. The van der Waals surface area contributed by atoms with Crippen molar-refractivity contribution < 1.29 is 9.18 Å². The number of hydrogen-bond donors (Lipinski definition) is 1. The Bertz CT molecular complexity index is 593. The van der Waals surface area contributed by atoms with Gasteiger partial charge in [-0.15, -0.1) is 0 Å². The Morgan fingerprint density at radius 2 is 1.74 bits per heavy atom. The maximum Gasteiger partial charge on any atom is 0.239 e. The number of benzene rings is 1. The van der Waals surface area contributed by atoms with Gasteiger partial charge in [0.05, 0.1) is 6.04 Å². The molecular formula is C21H33FN4O. The third-order valence-electron chi connectivity index (χ3n) is 6.14. The molecule has 1 N–H and O–H groups in total. The van der Waals surface area contributed by atoms with Crippen molar-refractivity contribution in [3.8, 4) is 0 Å². The molecule has 0 spiro atoms. The number of amides is 1. The van der Waals surface area contributed by atoms with E-state index in [9.17, 15) is 9.18 Å². The van der Waals surface area contributed by atoms with Crippen LogP contribution in [-0.4, -0.2) is 74.6 Å². The summed E-state index contributed by atoms with van der Waals surface area (Å²) in [6.45, 7) is 8.26. The van der Waals surface area contributed by atoms with Crippen LogP contribution in [0, 0.1) is 11.7 Å². The van der Waals surface area contributed by atoms with Crippen molar-refractivity contribution in [1.29, 1.82) is 0 Å². The van der Waals surface area contributed by atoms with E-state index in [0.717, 1.165) is 57.4 Å². The Kier molecular flexibility index (Phi) is 7.07. The van der Waals surface area contributed by atoms with Crippen LogP contribution in [0.1, 0.15) is 26.2 Å². The van der Waals surface area contributed by atoms with E-state index in [1.165, 1.54) is 31.4 Å². The monoisotopic (exact) mass is 376 g/mol. The number of carbonyl (C=O) groups excluding carboxylic acids is 1. The summed E-state index contributed by atoms with van der Waals surface area (Å²) in [6, 6.07) is 6.58. The summed E-state index contributed by atoms with van der Waals surface area (Å²) in [6.07, 6.45) is 3.62. The van der Waals surface area contributed by atoms with Gasteiger partial charge in [-0.3, -0.25) is 9.69 Å². The summed E-state index contributed by atoms with van der Waals surface area (Å²) in [4.78, 5) is 19.5. The number of piperidine rings is 1. The van der Waals surface area contributed by atoms with Crippen LogP contribution in [0.4, 0.5) is 10.1 Å². The zero-order chi connectivity index (χ0) is 19.2. The zero-order valence-corrected chi connectivity index (χ0v) is 16.7. The minimum Gasteiger partial charge on any atom is -0.368 e. The molecule has 6 heteroatoms. The van der Waals surface area contributed by atoms with Crippen LogP contribution in [0.5, 0.6) is 0 Å². The van der Waals surface area contributed by atoms with Gasteiger partial charge in [-0.25, -0.2) is 4.39 Å². The Balaban J connectivity index is 1.45. The van der Waals surface area contributed by atoms with E-state index in [2.05, 4.69) is 22.0 Å². The summed E-state index contributed by atoms with van der Waals surface area (Å²) >= 11 is 0. The summed E-state index contributed by atoms with van der Waals surface area (Å²) in [5.74, 6) is 0.828. The number of halogens is 1. The van der Waals surface area contributed by atoms with Crippen LogP contribution in [-0.2, 0) is 4.79 Å². The van der Waals surface area contributed by atoms with Crippen LogP contribution in [0.25, 0.3) is 0 Å². The lowest BCUT2D eigenvalue weighted by Crippen LogP contribution is -2.55. The second-order valence-corrected chi connectivity index (χ2v) is 7.84. The highest BCUT2D eigenvalue weighted by Crippen LogP contribution is 2.23. The van der Waals surface area contributed by atoms with Crippen LogP contribution >= 0.6 is 0 Å². The molecule has 2 fully saturated rings. The lowest BCUT2D eigenvalue weighted by molar-refractivity contribution is -0.137. The standard InChI is InChI=1S/C21H33FN4O/c1-17(24-11-8-18(9-12-24)7-10-23-2)21(27)26-15-13-25(14-16-26)20-5-3-19(22)4-6-20/h3-6,17-18,23H,7-16H2,1-2H3. The van der Waals surface area contributed by atoms with Gasteiger partial charge in [-0.05, 0) is 83.1 Å². The van der Waals surface area contributed by atoms with Crippen molar-refractivity contribution >= 4 is 11.6 Å². The number of nitrogens with zero attached hydrogens (tertiary/aromatic N) is 3. The lowest BCUT2D eigenvalue weighted by Gasteiger charge is -2.40. The van der Waals surface area contributed by atoms with Gasteiger partial charge in [0.2, 0.25) is 5.91 Å². The number of rotatable bonds is 6. The summed E-state index contributed by atoms with van der Waals surface area (Å²) in [5, 5.41) is 3.23. The smallest absolute Gasteiger partial charge is 0.239 e. The predicted molar refractivity (Wildman–Crippen MR) is 107 cm³/mol. The molecule has 150 valence electrons. The van der Waals surface area contributed by atoms with Gasteiger partial charge in [-0.2, -0.15) is 0 Å². The molecule has 1 aromatic rings. The van der Waals surface area contributed by atoms with Gasteiger partial charge in [0.1, 0.15) is 5.82 Å². The molecule has 0 aromatic heterocycles. The van der Waals surface area contributed by atoms with Gasteiger partial charge in [0.25, 0.3) is 0 Å². The molecule has 0 bridgehead atoms. The number of nitrogens with one attached hydrogen (secondary N) is 1. The van der Waals surface area contributed by atoms with Crippen LogP contribution in [0.3, 0.4) is 0 Å². The third kappa shape index (κ3) is 5.20. The first-order chi connectivity index (χ1) is 13.1. The Morgan fingerprint density at radius 3 is 2.33 bits per heavy atom. The molecule has 2 saturated heterocycles. The van der Waals surface area contributed by atoms with Crippen LogP contribution < -0.4 is 10.2 Å². The number of likely N-dealkylation sites (tertiary alicyclic amines) is 1. The maximum atomic E-state index is 13.1. The second-order valence-electron chi connectivity index (χ2n) is 7.84. The third-order valence-corrected chi connectivity index (χ3v) is 6.14. The van der Waals surface area contributed by atoms with E-state index in [-0.39, 0.29) is 17.8 Å². The van der Waals surface area contributed by atoms with Crippen molar-refractivity contribution in [2.24, 2.45) is 5.92 Å². The van der Waals surface area contributed by atoms with E-state index >= 15 is 0 Å². The van der Waals surface area contributed by atoms with Gasteiger partial charge >= 0.3 is 0 Å². The summed E-state index contributed by atoms with van der Waals surface area (Å²) in [5.41, 5.74) is 1.03. The van der Waals surface area contributed by atoms with Gasteiger partial charge in [-0.1, -0.05) is 0 Å². The minimum absolute atomic E-state index is 0.0346. The topological polar surface area (TPSA) is 38.8 Å². The fraction of sp³-hybridized carbons (Fsp3) is 0.667. The first-order valence-corrected chi connectivity index (χ1v) is 10.3. The first kappa shape index (κ1) is 20.1. The molecular weight excluding hydrogens is 343 g/mol. The number of anilines is 1. The normalized spacial score (nSPS) is 20.7. The molecule has 1 aromatic carbocycles. The zero-order valence-electron chi connectivity index (χ0n) is 16.7. The maximum absolute atomic E-state index is 13.1. The Hall–Kier alpha value is -1.66. The van der Waals surface area contributed by atoms with Crippen LogP contribution in [0.2, 0.25) is 0 Å². The van der Waals surface area contributed by atoms with Crippen LogP contribution in [0.15, 0.2) is 24.3 Å². The molecule has 2 aliphatic rings. The molecule has 0 radical (unpaired) electrons. The van der Waals surface area contributed by atoms with E-state index in [0.29, 0.717) is 0 Å². The molecule has 5 nitrogen and oxygen atoms in total. The second kappa shape index (κ2) is 9.51. The van der Waals surface area contributed by atoms with E-state index in [1.54, 1.807) is 0 Å². The average Bonchev–Trinajstić information content (AvgIpc) is 2.72. The van der Waals surface area contributed by atoms with E-state index in [1.807, 2.05) is 24.1 Å². The minimum atomic E-state index is -0.212. The van der Waals surface area contributed by atoms with Crippen molar-refractivity contribution in [2.75, 3.05) is 57.8 Å². The fourth-order valence-electron chi connectivity index (χ4n) is 4.23. The Morgan fingerprint density at radius 1 is 1.11 bits per heavy atom. The highest BCUT2D eigenvalue weighted by atomic mass is 19.1. The van der Waals surface area contributed by atoms with Crippen molar-refractivity contribution in [1.82, 2.24) is 15.1 Å². The Labute approximate surface area is 162 Å². The largest absolute Gasteiger partial charge is 0.368 e. The lowest BCUT2D eigenvalue weighted by atomic mass is 9.92. The first-order valence-electron chi connectivity index (χ1n) is 10.3. The number of piperazine rings is 1. The van der Waals surface area contributed by atoms with E-state index < -0.39 is 0 Å². The predicted octanol–water partition coefficient (Wildman–Crippen LogP) is 2.18. The van der Waals surface area contributed by atoms with Crippen molar-refractivity contribution in [2.45, 2.75) is 32.2 Å². The highest BCUT2D eigenvalue weighted by molar-refractivity contribution is 5.81. The molecule has 2 aliphatic heterocycles.